The van der Waals surface area contributed by atoms with Crippen molar-refractivity contribution in [1.82, 2.24) is 9.88 Å². The van der Waals surface area contributed by atoms with Crippen LogP contribution in [0.3, 0.4) is 0 Å². The molecule has 1 fully saturated rings. The number of amides is 2. The molecule has 1 N–H and O–H groups in total. The molecule has 1 aromatic heterocycles. The van der Waals surface area contributed by atoms with Gasteiger partial charge in [0.15, 0.2) is 0 Å². The molecule has 2 heterocycles. The van der Waals surface area contributed by atoms with Gasteiger partial charge in [-0.05, 0) is 18.1 Å². The maximum absolute atomic E-state index is 11.7. The first-order valence-electron chi connectivity index (χ1n) is 7.28. The van der Waals surface area contributed by atoms with E-state index in [9.17, 15) is 9.59 Å². The zero-order valence-electron chi connectivity index (χ0n) is 12.6. The Bertz CT molecular complexity index is 479. The Kier molecular flexibility index (Phi) is 5.14. The van der Waals surface area contributed by atoms with Gasteiger partial charge in [-0.3, -0.25) is 9.59 Å². The third-order valence-electron chi connectivity index (χ3n) is 3.44. The molecule has 0 aliphatic carbocycles. The van der Waals surface area contributed by atoms with Crippen molar-refractivity contribution in [1.29, 1.82) is 0 Å². The second-order valence-corrected chi connectivity index (χ2v) is 5.68. The number of carbonyl (C=O) groups is 2. The van der Waals surface area contributed by atoms with Crippen LogP contribution in [0, 0.1) is 5.92 Å². The fraction of sp³-hybridized carbons (Fsp3) is 0.533. The van der Waals surface area contributed by atoms with Crippen LogP contribution < -0.4 is 10.2 Å². The normalized spacial score (nSPS) is 15.2. The van der Waals surface area contributed by atoms with Gasteiger partial charge < -0.3 is 15.1 Å². The molecule has 0 atom stereocenters. The highest BCUT2D eigenvalue weighted by molar-refractivity contribution is 5.89. The standard InChI is InChI=1S/C15H22N4O2/c1-12(2)9-15(21)17-14-4-3-13(10-16-14)19-7-5-18(11-20)6-8-19/h3-4,10-12H,5-9H2,1-2H3,(H,16,17,21). The molecular weight excluding hydrogens is 268 g/mol. The highest BCUT2D eigenvalue weighted by Gasteiger charge is 2.16. The fourth-order valence-electron chi connectivity index (χ4n) is 2.30. The Morgan fingerprint density at radius 3 is 2.57 bits per heavy atom. The third kappa shape index (κ3) is 4.44. The summed E-state index contributed by atoms with van der Waals surface area (Å²) in [6.45, 7) is 7.09. The minimum Gasteiger partial charge on any atom is -0.367 e. The van der Waals surface area contributed by atoms with E-state index in [-0.39, 0.29) is 5.91 Å². The monoisotopic (exact) mass is 290 g/mol. The van der Waals surface area contributed by atoms with Crippen molar-refractivity contribution < 1.29 is 9.59 Å². The van der Waals surface area contributed by atoms with Crippen molar-refractivity contribution in [3.63, 3.8) is 0 Å². The Balaban J connectivity index is 1.90. The van der Waals surface area contributed by atoms with Crippen LogP contribution in [0.15, 0.2) is 18.3 Å². The molecule has 0 radical (unpaired) electrons. The molecule has 1 aromatic rings. The minimum absolute atomic E-state index is 0.00940. The predicted molar refractivity (Wildman–Crippen MR) is 82.2 cm³/mol. The van der Waals surface area contributed by atoms with Crippen LogP contribution in [0.2, 0.25) is 0 Å². The molecule has 6 heteroatoms. The second kappa shape index (κ2) is 7.06. The Morgan fingerprint density at radius 2 is 2.05 bits per heavy atom. The minimum atomic E-state index is -0.00940. The summed E-state index contributed by atoms with van der Waals surface area (Å²) in [6, 6.07) is 3.77. The average Bonchev–Trinajstić information content (AvgIpc) is 2.47. The number of hydrogen-bond donors (Lipinski definition) is 1. The van der Waals surface area contributed by atoms with Crippen molar-refractivity contribution in [2.45, 2.75) is 20.3 Å². The van der Waals surface area contributed by atoms with Gasteiger partial charge in [0.05, 0.1) is 11.9 Å². The number of nitrogens with one attached hydrogen (secondary N) is 1. The predicted octanol–water partition coefficient (Wildman–Crippen LogP) is 1.34. The van der Waals surface area contributed by atoms with Gasteiger partial charge in [-0.15, -0.1) is 0 Å². The van der Waals surface area contributed by atoms with E-state index in [1.54, 1.807) is 11.1 Å². The Morgan fingerprint density at radius 1 is 1.33 bits per heavy atom. The lowest BCUT2D eigenvalue weighted by atomic mass is 10.1. The highest BCUT2D eigenvalue weighted by Crippen LogP contribution is 2.17. The number of anilines is 2. The van der Waals surface area contributed by atoms with Gasteiger partial charge >= 0.3 is 0 Å². The van der Waals surface area contributed by atoms with Crippen LogP contribution in [-0.4, -0.2) is 48.4 Å². The van der Waals surface area contributed by atoms with Gasteiger partial charge in [-0.25, -0.2) is 4.98 Å². The lowest BCUT2D eigenvalue weighted by Crippen LogP contribution is -2.45. The fourth-order valence-corrected chi connectivity index (χ4v) is 2.30. The molecule has 1 aliphatic rings. The van der Waals surface area contributed by atoms with E-state index in [4.69, 9.17) is 0 Å². The van der Waals surface area contributed by atoms with E-state index in [2.05, 4.69) is 15.2 Å². The smallest absolute Gasteiger partial charge is 0.225 e. The average molecular weight is 290 g/mol. The molecule has 0 saturated carbocycles. The number of rotatable bonds is 5. The molecule has 1 saturated heterocycles. The summed E-state index contributed by atoms with van der Waals surface area (Å²) in [4.78, 5) is 30.6. The molecule has 114 valence electrons. The van der Waals surface area contributed by atoms with Crippen molar-refractivity contribution in [2.75, 3.05) is 36.4 Å². The van der Waals surface area contributed by atoms with Crippen molar-refractivity contribution in [2.24, 2.45) is 5.92 Å². The summed E-state index contributed by atoms with van der Waals surface area (Å²) in [6.07, 6.45) is 3.15. The summed E-state index contributed by atoms with van der Waals surface area (Å²) in [5.74, 6) is 0.902. The lowest BCUT2D eigenvalue weighted by molar-refractivity contribution is -0.118. The van der Waals surface area contributed by atoms with E-state index in [1.807, 2.05) is 26.0 Å². The molecule has 2 rings (SSSR count). The second-order valence-electron chi connectivity index (χ2n) is 5.68. The summed E-state index contributed by atoms with van der Waals surface area (Å²) in [5.41, 5.74) is 1.02. The van der Waals surface area contributed by atoms with Crippen LogP contribution in [0.4, 0.5) is 11.5 Å². The molecular formula is C15H22N4O2. The molecule has 0 unspecified atom stereocenters. The van der Waals surface area contributed by atoms with E-state index in [1.165, 1.54) is 0 Å². The lowest BCUT2D eigenvalue weighted by Gasteiger charge is -2.33. The molecule has 0 bridgehead atoms. The summed E-state index contributed by atoms with van der Waals surface area (Å²) in [5, 5.41) is 2.80. The molecule has 0 spiro atoms. The number of carbonyl (C=O) groups excluding carboxylic acids is 2. The van der Waals surface area contributed by atoms with Crippen LogP contribution in [-0.2, 0) is 9.59 Å². The van der Waals surface area contributed by atoms with Crippen LogP contribution in [0.25, 0.3) is 0 Å². The number of pyridine rings is 1. The van der Waals surface area contributed by atoms with E-state index >= 15 is 0 Å². The third-order valence-corrected chi connectivity index (χ3v) is 3.44. The van der Waals surface area contributed by atoms with Crippen molar-refractivity contribution in [3.05, 3.63) is 18.3 Å². The number of nitrogens with zero attached hydrogens (tertiary/aromatic N) is 3. The van der Waals surface area contributed by atoms with Crippen LogP contribution in [0.5, 0.6) is 0 Å². The largest absolute Gasteiger partial charge is 0.367 e. The number of piperazine rings is 1. The van der Waals surface area contributed by atoms with Crippen molar-refractivity contribution >= 4 is 23.8 Å². The highest BCUT2D eigenvalue weighted by atomic mass is 16.1. The number of aromatic nitrogens is 1. The molecule has 1 aliphatic heterocycles. The molecule has 6 nitrogen and oxygen atoms in total. The van der Waals surface area contributed by atoms with E-state index in [0.29, 0.717) is 18.2 Å². The van der Waals surface area contributed by atoms with Gasteiger partial charge in [-0.1, -0.05) is 13.8 Å². The van der Waals surface area contributed by atoms with Gasteiger partial charge in [-0.2, -0.15) is 0 Å². The maximum Gasteiger partial charge on any atom is 0.225 e. The topological polar surface area (TPSA) is 65.5 Å². The molecule has 21 heavy (non-hydrogen) atoms. The van der Waals surface area contributed by atoms with E-state index < -0.39 is 0 Å². The Labute approximate surface area is 125 Å². The van der Waals surface area contributed by atoms with Crippen LogP contribution >= 0.6 is 0 Å². The quantitative estimate of drug-likeness (QED) is 0.831. The zero-order valence-corrected chi connectivity index (χ0v) is 12.6. The summed E-state index contributed by atoms with van der Waals surface area (Å²) in [7, 11) is 0. The van der Waals surface area contributed by atoms with Crippen molar-refractivity contribution in [3.8, 4) is 0 Å². The first kappa shape index (κ1) is 15.3. The zero-order chi connectivity index (χ0) is 15.2. The molecule has 2 amide bonds. The first-order chi connectivity index (χ1) is 10.1. The number of hydrogen-bond acceptors (Lipinski definition) is 4. The maximum atomic E-state index is 11.7. The van der Waals surface area contributed by atoms with Gasteiger partial charge in [0.25, 0.3) is 0 Å². The van der Waals surface area contributed by atoms with Gasteiger partial charge in [0.2, 0.25) is 12.3 Å². The SMILES string of the molecule is CC(C)CC(=O)Nc1ccc(N2CCN(C=O)CC2)cn1. The summed E-state index contributed by atoms with van der Waals surface area (Å²) >= 11 is 0. The van der Waals surface area contributed by atoms with E-state index in [0.717, 1.165) is 38.3 Å². The Hall–Kier alpha value is -2.11. The first-order valence-corrected chi connectivity index (χ1v) is 7.28. The molecule has 0 aromatic carbocycles. The van der Waals surface area contributed by atoms with Gasteiger partial charge in [0, 0.05) is 32.6 Å². The van der Waals surface area contributed by atoms with Crippen LogP contribution in [0.1, 0.15) is 20.3 Å². The summed E-state index contributed by atoms with van der Waals surface area (Å²) < 4.78 is 0. The van der Waals surface area contributed by atoms with Gasteiger partial charge in [0.1, 0.15) is 5.82 Å².